The first-order chi connectivity index (χ1) is 18.5. The summed E-state index contributed by atoms with van der Waals surface area (Å²) in [5, 5.41) is 7.95. The highest BCUT2D eigenvalue weighted by atomic mass is 35.5. The zero-order valence-corrected chi connectivity index (χ0v) is 25.5. The van der Waals surface area contributed by atoms with Gasteiger partial charge < -0.3 is 9.64 Å². The molecule has 2 fully saturated rings. The molecule has 2 aromatic carbocycles. The summed E-state index contributed by atoms with van der Waals surface area (Å²) in [6.07, 6.45) is 2.20. The fourth-order valence-corrected chi connectivity index (χ4v) is 5.66. The monoisotopic (exact) mass is 592 g/mol. The van der Waals surface area contributed by atoms with Crippen molar-refractivity contribution in [1.29, 1.82) is 0 Å². The van der Waals surface area contributed by atoms with E-state index in [2.05, 4.69) is 15.2 Å². The van der Waals surface area contributed by atoms with E-state index in [9.17, 15) is 9.00 Å². The van der Waals surface area contributed by atoms with Crippen molar-refractivity contribution in [3.63, 3.8) is 0 Å². The van der Waals surface area contributed by atoms with Crippen LogP contribution in [0.1, 0.15) is 56.9 Å². The van der Waals surface area contributed by atoms with Gasteiger partial charge in [0.15, 0.2) is 0 Å². The number of nitrogens with zero attached hydrogens (tertiary/aromatic N) is 3. The zero-order valence-electron chi connectivity index (χ0n) is 23.2. The van der Waals surface area contributed by atoms with Gasteiger partial charge in [-0.2, -0.15) is 5.10 Å². The highest BCUT2D eigenvalue weighted by Gasteiger charge is 2.44. The summed E-state index contributed by atoms with van der Waals surface area (Å²) >= 11 is 11.5. The maximum Gasteiger partial charge on any atom is 0.249 e. The Morgan fingerprint density at radius 2 is 1.67 bits per heavy atom. The summed E-state index contributed by atoms with van der Waals surface area (Å²) in [4.78, 5) is 18.6. The highest BCUT2D eigenvalue weighted by Crippen LogP contribution is 2.40. The van der Waals surface area contributed by atoms with Crippen molar-refractivity contribution in [2.24, 2.45) is 5.92 Å². The van der Waals surface area contributed by atoms with E-state index in [1.54, 1.807) is 0 Å². The third-order valence-corrected chi connectivity index (χ3v) is 8.86. The summed E-state index contributed by atoms with van der Waals surface area (Å²) in [7, 11) is -0.995. The zero-order chi connectivity index (χ0) is 28.6. The molecule has 1 aliphatic carbocycles. The first kappa shape index (κ1) is 31.3. The van der Waals surface area contributed by atoms with Crippen molar-refractivity contribution in [1.82, 2.24) is 20.1 Å². The van der Waals surface area contributed by atoms with Crippen LogP contribution in [0.25, 0.3) is 0 Å². The molecule has 1 saturated carbocycles. The Bertz CT molecular complexity index is 1190. The summed E-state index contributed by atoms with van der Waals surface area (Å²) in [6.45, 7) is 10.3. The minimum absolute atomic E-state index is 0.00555. The number of carbonyl (C=O) groups is 1. The van der Waals surface area contributed by atoms with E-state index in [-0.39, 0.29) is 29.3 Å². The summed E-state index contributed by atoms with van der Waals surface area (Å²) < 4.78 is 18.0. The number of hydrogen-bond donors (Lipinski definition) is 1. The smallest absolute Gasteiger partial charge is 0.249 e. The minimum Gasteiger partial charge on any atom is -0.369 e. The van der Waals surface area contributed by atoms with Crippen molar-refractivity contribution in [2.75, 3.05) is 19.0 Å². The Labute approximate surface area is 244 Å². The van der Waals surface area contributed by atoms with E-state index >= 15 is 0 Å². The largest absolute Gasteiger partial charge is 0.369 e. The average Bonchev–Trinajstić information content (AvgIpc) is 3.66. The molecule has 1 saturated heterocycles. The first-order valence-corrected chi connectivity index (χ1v) is 15.1. The Hall–Kier alpha value is -2.26. The second-order valence-corrected chi connectivity index (χ2v) is 13.8. The van der Waals surface area contributed by atoms with Gasteiger partial charge in [0.05, 0.1) is 12.6 Å². The molecule has 10 heteroatoms. The van der Waals surface area contributed by atoms with Crippen LogP contribution in [-0.2, 0) is 20.3 Å². The molecule has 3 atom stereocenters. The summed E-state index contributed by atoms with van der Waals surface area (Å²) in [6, 6.07) is 16.9. The van der Waals surface area contributed by atoms with Gasteiger partial charge in [-0.05, 0) is 83.2 Å². The molecular formula is C29H38Cl2N4O3S. The number of hydrogen-bond acceptors (Lipinski definition) is 5. The minimum atomic E-state index is -0.995. The SMILES string of the molecule is CC(C)(C)S(=O)CC(C1CC1)N1C(=O)COCC1c1ccc(Cl)cc1.Cc1n[nH]c(C)n1.Clc1ccccc1. The predicted molar refractivity (Wildman–Crippen MR) is 158 cm³/mol. The van der Waals surface area contributed by atoms with Gasteiger partial charge >= 0.3 is 0 Å². The van der Waals surface area contributed by atoms with Crippen molar-refractivity contribution in [3.05, 3.63) is 81.9 Å². The first-order valence-electron chi connectivity index (χ1n) is 13.0. The molecule has 212 valence electrons. The van der Waals surface area contributed by atoms with E-state index in [4.69, 9.17) is 27.9 Å². The van der Waals surface area contributed by atoms with Gasteiger partial charge in [-0.1, -0.05) is 53.5 Å². The van der Waals surface area contributed by atoms with E-state index < -0.39 is 10.8 Å². The lowest BCUT2D eigenvalue weighted by molar-refractivity contribution is -0.152. The number of morpholine rings is 1. The van der Waals surface area contributed by atoms with Gasteiger partial charge in [-0.3, -0.25) is 14.1 Å². The Balaban J connectivity index is 0.000000243. The van der Waals surface area contributed by atoms with E-state index in [0.29, 0.717) is 23.3 Å². The lowest BCUT2D eigenvalue weighted by Crippen LogP contribution is -2.53. The number of benzene rings is 2. The standard InChI is InChI=1S/C19H26ClNO3S.C6H5Cl.C4H7N3/c1-19(2,3)25(23)12-17(14-4-5-14)21-16(10-24-11-18(21)22)13-6-8-15(20)9-7-13;7-6-4-2-1-3-5-6;1-3-5-4(2)7-6-3/h6-9,14,16-17H,4-5,10-12H2,1-3H3;1-5H;1-2H3,(H,5,6,7). The van der Waals surface area contributed by atoms with E-state index in [1.165, 1.54) is 0 Å². The Morgan fingerprint density at radius 1 is 1.05 bits per heavy atom. The number of carbonyl (C=O) groups excluding carboxylic acids is 1. The number of nitrogens with one attached hydrogen (secondary N) is 1. The van der Waals surface area contributed by atoms with Crippen LogP contribution in [0.2, 0.25) is 10.0 Å². The second-order valence-electron chi connectivity index (χ2n) is 10.7. The molecule has 2 aliphatic rings. The molecule has 5 rings (SSSR count). The molecule has 39 heavy (non-hydrogen) atoms. The molecule has 1 amide bonds. The van der Waals surface area contributed by atoms with E-state index in [0.717, 1.165) is 35.1 Å². The number of aryl methyl sites for hydroxylation is 2. The molecule has 7 nitrogen and oxygen atoms in total. The molecule has 1 aliphatic heterocycles. The molecular weight excluding hydrogens is 555 g/mol. The lowest BCUT2D eigenvalue weighted by atomic mass is 10.0. The number of rotatable bonds is 5. The quantitative estimate of drug-likeness (QED) is 0.374. The van der Waals surface area contributed by atoms with Crippen LogP contribution in [0.4, 0.5) is 0 Å². The van der Waals surface area contributed by atoms with Crippen molar-refractivity contribution >= 4 is 39.9 Å². The van der Waals surface area contributed by atoms with Crippen molar-refractivity contribution < 1.29 is 13.7 Å². The molecule has 0 bridgehead atoms. The van der Waals surface area contributed by atoms with Crippen LogP contribution < -0.4 is 0 Å². The topological polar surface area (TPSA) is 88.2 Å². The molecule has 0 spiro atoms. The van der Waals surface area contributed by atoms with Crippen LogP contribution in [0.3, 0.4) is 0 Å². The van der Waals surface area contributed by atoms with Crippen LogP contribution in [-0.4, -0.2) is 60.0 Å². The van der Waals surface area contributed by atoms with Gasteiger partial charge in [0.25, 0.3) is 0 Å². The number of halogens is 2. The van der Waals surface area contributed by atoms with Gasteiger partial charge in [-0.15, -0.1) is 0 Å². The normalized spacial score (nSPS) is 18.8. The van der Waals surface area contributed by atoms with Gasteiger partial charge in [0.2, 0.25) is 5.91 Å². The van der Waals surface area contributed by atoms with Gasteiger partial charge in [0.1, 0.15) is 18.3 Å². The number of aromatic nitrogens is 3. The third-order valence-electron chi connectivity index (χ3n) is 6.35. The fourth-order valence-electron chi connectivity index (χ4n) is 4.14. The molecule has 1 N–H and O–H groups in total. The van der Waals surface area contributed by atoms with E-state index in [1.807, 2.05) is 94.1 Å². The number of ether oxygens (including phenoxy) is 1. The third kappa shape index (κ3) is 10.0. The van der Waals surface area contributed by atoms with Crippen LogP contribution in [0.5, 0.6) is 0 Å². The van der Waals surface area contributed by atoms with Crippen molar-refractivity contribution in [2.45, 2.75) is 64.3 Å². The number of H-pyrrole nitrogens is 1. The van der Waals surface area contributed by atoms with Crippen molar-refractivity contribution in [3.8, 4) is 0 Å². The Kier molecular flexibility index (Phi) is 11.5. The summed E-state index contributed by atoms with van der Waals surface area (Å²) in [5.74, 6) is 2.65. The van der Waals surface area contributed by atoms with Gasteiger partial charge in [0, 0.05) is 37.4 Å². The van der Waals surface area contributed by atoms with Crippen LogP contribution in [0.15, 0.2) is 54.6 Å². The summed E-state index contributed by atoms with van der Waals surface area (Å²) in [5.41, 5.74) is 1.02. The number of amides is 1. The molecule has 3 unspecified atom stereocenters. The predicted octanol–water partition coefficient (Wildman–Crippen LogP) is 6.33. The number of aromatic amines is 1. The fraction of sp³-hybridized carbons (Fsp3) is 0.483. The Morgan fingerprint density at radius 3 is 2.10 bits per heavy atom. The van der Waals surface area contributed by atoms with Gasteiger partial charge in [-0.25, -0.2) is 4.98 Å². The lowest BCUT2D eigenvalue weighted by Gasteiger charge is -2.42. The maximum atomic E-state index is 12.8. The average molecular weight is 594 g/mol. The van der Waals surface area contributed by atoms with Crippen LogP contribution in [0, 0.1) is 19.8 Å². The molecule has 3 aromatic rings. The maximum absolute atomic E-state index is 12.8. The second kappa shape index (κ2) is 14.4. The molecule has 0 radical (unpaired) electrons. The molecule has 2 heterocycles. The molecule has 1 aromatic heterocycles. The highest BCUT2D eigenvalue weighted by molar-refractivity contribution is 7.86. The van der Waals surface area contributed by atoms with Crippen LogP contribution >= 0.6 is 23.2 Å².